The number of aromatic amines is 1. The molecule has 24 heavy (non-hydrogen) atoms. The van der Waals surface area contributed by atoms with Gasteiger partial charge < -0.3 is 14.8 Å². The summed E-state index contributed by atoms with van der Waals surface area (Å²) >= 11 is 0. The molecule has 1 fully saturated rings. The van der Waals surface area contributed by atoms with Crippen molar-refractivity contribution in [3.63, 3.8) is 0 Å². The highest BCUT2D eigenvalue weighted by Gasteiger charge is 2.31. The Labute approximate surface area is 140 Å². The molecule has 1 aromatic carbocycles. The normalized spacial score (nSPS) is 15.8. The topological polar surface area (TPSA) is 76.2 Å². The summed E-state index contributed by atoms with van der Waals surface area (Å²) in [5.41, 5.74) is 3.50. The van der Waals surface area contributed by atoms with E-state index >= 15 is 0 Å². The van der Waals surface area contributed by atoms with Crippen molar-refractivity contribution in [2.24, 2.45) is 5.92 Å². The Morgan fingerprint density at radius 2 is 2.12 bits per heavy atom. The predicted molar refractivity (Wildman–Crippen MR) is 90.2 cm³/mol. The number of ether oxygens (including phenoxy) is 2. The first-order valence-corrected chi connectivity index (χ1v) is 8.40. The molecule has 0 saturated heterocycles. The number of carbonyl (C=O) groups excluding carboxylic acids is 1. The highest BCUT2D eigenvalue weighted by atomic mass is 16.7. The third kappa shape index (κ3) is 2.84. The van der Waals surface area contributed by atoms with E-state index in [0.717, 1.165) is 41.2 Å². The lowest BCUT2D eigenvalue weighted by Gasteiger charge is -2.10. The van der Waals surface area contributed by atoms with E-state index in [0.29, 0.717) is 24.0 Å². The van der Waals surface area contributed by atoms with Gasteiger partial charge in [0.1, 0.15) is 5.69 Å². The average molecular weight is 327 g/mol. The molecule has 1 aliphatic heterocycles. The fourth-order valence-corrected chi connectivity index (χ4v) is 2.96. The second-order valence-electron chi connectivity index (χ2n) is 6.85. The molecular formula is C18H21N3O3. The molecule has 1 saturated carbocycles. The highest BCUT2D eigenvalue weighted by Crippen LogP contribution is 2.46. The van der Waals surface area contributed by atoms with Crippen molar-refractivity contribution in [2.45, 2.75) is 39.0 Å². The molecule has 2 aromatic rings. The summed E-state index contributed by atoms with van der Waals surface area (Å²) in [5.74, 6) is 2.25. The molecule has 6 heteroatoms. The van der Waals surface area contributed by atoms with Crippen LogP contribution in [-0.2, 0) is 4.79 Å². The van der Waals surface area contributed by atoms with E-state index < -0.39 is 0 Å². The number of benzene rings is 1. The van der Waals surface area contributed by atoms with E-state index in [1.165, 1.54) is 0 Å². The summed E-state index contributed by atoms with van der Waals surface area (Å²) in [5, 5.41) is 10.7. The van der Waals surface area contributed by atoms with Gasteiger partial charge in [-0.25, -0.2) is 0 Å². The fourth-order valence-electron chi connectivity index (χ4n) is 2.96. The van der Waals surface area contributed by atoms with Crippen molar-refractivity contribution in [2.75, 3.05) is 12.1 Å². The van der Waals surface area contributed by atoms with Gasteiger partial charge in [0.25, 0.3) is 0 Å². The van der Waals surface area contributed by atoms with Gasteiger partial charge in [-0.1, -0.05) is 13.8 Å². The Hall–Kier alpha value is -2.50. The maximum absolute atomic E-state index is 12.3. The SMILES string of the molecule is CC(C)CC(=O)Nc1c(-c2ccc3c(c2)OCO3)n[nH]c1C1CC1. The van der Waals surface area contributed by atoms with Crippen LogP contribution in [0, 0.1) is 5.92 Å². The molecule has 126 valence electrons. The number of hydrogen-bond acceptors (Lipinski definition) is 4. The van der Waals surface area contributed by atoms with Gasteiger partial charge in [-0.15, -0.1) is 0 Å². The number of amides is 1. The maximum Gasteiger partial charge on any atom is 0.231 e. The minimum Gasteiger partial charge on any atom is -0.454 e. The largest absolute Gasteiger partial charge is 0.454 e. The molecule has 0 unspecified atom stereocenters. The number of fused-ring (bicyclic) bond motifs is 1. The third-order valence-electron chi connectivity index (χ3n) is 4.28. The van der Waals surface area contributed by atoms with Crippen LogP contribution >= 0.6 is 0 Å². The fraction of sp³-hybridized carbons (Fsp3) is 0.444. The van der Waals surface area contributed by atoms with Gasteiger partial charge in [0, 0.05) is 17.9 Å². The first-order valence-electron chi connectivity index (χ1n) is 8.40. The zero-order valence-electron chi connectivity index (χ0n) is 13.9. The van der Waals surface area contributed by atoms with E-state index in [4.69, 9.17) is 9.47 Å². The van der Waals surface area contributed by atoms with Crippen LogP contribution in [-0.4, -0.2) is 22.9 Å². The van der Waals surface area contributed by atoms with Crippen molar-refractivity contribution >= 4 is 11.6 Å². The van der Waals surface area contributed by atoms with Crippen LogP contribution in [0.15, 0.2) is 18.2 Å². The van der Waals surface area contributed by atoms with Gasteiger partial charge in [-0.3, -0.25) is 9.89 Å². The Morgan fingerprint density at radius 1 is 1.33 bits per heavy atom. The lowest BCUT2D eigenvalue weighted by atomic mass is 10.1. The molecule has 6 nitrogen and oxygen atoms in total. The Kier molecular flexibility index (Phi) is 3.67. The van der Waals surface area contributed by atoms with Gasteiger partial charge in [0.05, 0.1) is 11.4 Å². The Morgan fingerprint density at radius 3 is 2.88 bits per heavy atom. The number of nitrogens with zero attached hydrogens (tertiary/aromatic N) is 1. The van der Waals surface area contributed by atoms with Gasteiger partial charge in [0.15, 0.2) is 11.5 Å². The number of H-pyrrole nitrogens is 1. The number of anilines is 1. The molecule has 1 aromatic heterocycles. The minimum absolute atomic E-state index is 0.0234. The highest BCUT2D eigenvalue weighted by molar-refractivity contribution is 5.96. The maximum atomic E-state index is 12.3. The molecule has 2 N–H and O–H groups in total. The van der Waals surface area contributed by atoms with Crippen LogP contribution in [0.4, 0.5) is 5.69 Å². The van der Waals surface area contributed by atoms with E-state index in [-0.39, 0.29) is 12.7 Å². The number of carbonyl (C=O) groups is 1. The molecule has 1 aliphatic carbocycles. The quantitative estimate of drug-likeness (QED) is 0.878. The van der Waals surface area contributed by atoms with Crippen LogP contribution in [0.2, 0.25) is 0 Å². The van der Waals surface area contributed by atoms with Crippen molar-refractivity contribution in [3.8, 4) is 22.8 Å². The van der Waals surface area contributed by atoms with Crippen LogP contribution in [0.5, 0.6) is 11.5 Å². The van der Waals surface area contributed by atoms with Crippen LogP contribution in [0.25, 0.3) is 11.3 Å². The zero-order chi connectivity index (χ0) is 16.7. The molecule has 0 atom stereocenters. The number of rotatable bonds is 5. The van der Waals surface area contributed by atoms with Gasteiger partial charge in [-0.05, 0) is 37.0 Å². The summed E-state index contributed by atoms with van der Waals surface area (Å²) < 4.78 is 10.8. The van der Waals surface area contributed by atoms with Crippen LogP contribution in [0.3, 0.4) is 0 Å². The molecule has 2 aliphatic rings. The van der Waals surface area contributed by atoms with Gasteiger partial charge in [0.2, 0.25) is 12.7 Å². The number of nitrogens with one attached hydrogen (secondary N) is 2. The molecule has 1 amide bonds. The predicted octanol–water partition coefficient (Wildman–Crippen LogP) is 3.67. The van der Waals surface area contributed by atoms with E-state index in [9.17, 15) is 4.79 Å². The van der Waals surface area contributed by atoms with E-state index in [1.54, 1.807) is 0 Å². The molecule has 0 spiro atoms. The molecule has 0 radical (unpaired) electrons. The van der Waals surface area contributed by atoms with Crippen LogP contribution < -0.4 is 14.8 Å². The average Bonchev–Trinajstić information content (AvgIpc) is 3.12. The summed E-state index contributed by atoms with van der Waals surface area (Å²) in [4.78, 5) is 12.3. The van der Waals surface area contributed by atoms with Crippen LogP contribution in [0.1, 0.15) is 44.7 Å². The van der Waals surface area contributed by atoms with Crippen molar-refractivity contribution in [1.29, 1.82) is 0 Å². The van der Waals surface area contributed by atoms with E-state index in [2.05, 4.69) is 15.5 Å². The van der Waals surface area contributed by atoms with Gasteiger partial charge >= 0.3 is 0 Å². The standard InChI is InChI=1S/C18H21N3O3/c1-10(2)7-15(22)19-18-16(11-3-4-11)20-21-17(18)12-5-6-13-14(8-12)24-9-23-13/h5-6,8,10-11H,3-4,7,9H2,1-2H3,(H,19,22)(H,20,21). The molecular weight excluding hydrogens is 306 g/mol. The van der Waals surface area contributed by atoms with Crippen molar-refractivity contribution in [3.05, 3.63) is 23.9 Å². The zero-order valence-corrected chi connectivity index (χ0v) is 13.9. The van der Waals surface area contributed by atoms with E-state index in [1.807, 2.05) is 32.0 Å². The molecule has 4 rings (SSSR count). The minimum atomic E-state index is 0.0234. The summed E-state index contributed by atoms with van der Waals surface area (Å²) in [6.07, 6.45) is 2.77. The lowest BCUT2D eigenvalue weighted by Crippen LogP contribution is -2.15. The monoisotopic (exact) mass is 327 g/mol. The Balaban J connectivity index is 1.68. The van der Waals surface area contributed by atoms with Crippen molar-refractivity contribution in [1.82, 2.24) is 10.2 Å². The number of hydrogen-bond donors (Lipinski definition) is 2. The second-order valence-corrected chi connectivity index (χ2v) is 6.85. The summed E-state index contributed by atoms with van der Waals surface area (Å²) in [7, 11) is 0. The third-order valence-corrected chi connectivity index (χ3v) is 4.28. The first kappa shape index (κ1) is 15.1. The van der Waals surface area contributed by atoms with Crippen molar-refractivity contribution < 1.29 is 14.3 Å². The molecule has 2 heterocycles. The number of aromatic nitrogens is 2. The second kappa shape index (κ2) is 5.85. The Bertz CT molecular complexity index is 778. The summed E-state index contributed by atoms with van der Waals surface area (Å²) in [6.45, 7) is 4.32. The molecule has 0 bridgehead atoms. The lowest BCUT2D eigenvalue weighted by molar-refractivity contribution is -0.116. The van der Waals surface area contributed by atoms with Gasteiger partial charge in [-0.2, -0.15) is 5.10 Å². The first-order chi connectivity index (χ1) is 11.6. The summed E-state index contributed by atoms with van der Waals surface area (Å²) in [6, 6.07) is 5.73. The smallest absolute Gasteiger partial charge is 0.231 e.